The first-order valence-electron chi connectivity index (χ1n) is 10.4. The summed E-state index contributed by atoms with van der Waals surface area (Å²) >= 11 is 0. The Bertz CT molecular complexity index is 1610. The van der Waals surface area contributed by atoms with Crippen LogP contribution in [0.3, 0.4) is 0 Å². The van der Waals surface area contributed by atoms with E-state index >= 15 is 0 Å². The summed E-state index contributed by atoms with van der Waals surface area (Å²) in [4.78, 5) is 25.1. The maximum absolute atomic E-state index is 11.3. The number of nitrogen functional groups attached to an aromatic ring is 1. The minimum atomic E-state index is -0.751. The van der Waals surface area contributed by atoms with Crippen molar-refractivity contribution in [2.75, 3.05) is 5.73 Å². The Labute approximate surface area is 204 Å². The Balaban J connectivity index is 1.71. The summed E-state index contributed by atoms with van der Waals surface area (Å²) in [6.45, 7) is 3.55. The minimum absolute atomic E-state index is 0.0670. The fraction of sp³-hybridized carbons (Fsp3) is 0.0800. The summed E-state index contributed by atoms with van der Waals surface area (Å²) in [5.74, 6) is 0.211. The van der Waals surface area contributed by atoms with Gasteiger partial charge in [-0.05, 0) is 60.4 Å². The maximum Gasteiger partial charge on any atom is 0.318 e. The van der Waals surface area contributed by atoms with E-state index in [4.69, 9.17) is 10.5 Å². The third kappa shape index (κ3) is 3.97. The van der Waals surface area contributed by atoms with E-state index < -0.39 is 21.2 Å². The predicted molar refractivity (Wildman–Crippen MR) is 130 cm³/mol. The summed E-state index contributed by atoms with van der Waals surface area (Å²) in [5, 5.41) is 41.4. The maximum atomic E-state index is 11.3. The SMILES string of the molecule is CC1=C(C#N)c2nc(N)c(C#N)c(C)c2C1=Cc1ccc(Oc2ccc([N+](=O)[O-])cc2[N+](=O)[O-])cc1. The molecule has 2 N–H and O–H groups in total. The van der Waals surface area contributed by atoms with Gasteiger partial charge < -0.3 is 10.5 Å². The van der Waals surface area contributed by atoms with Gasteiger partial charge in [-0.2, -0.15) is 10.5 Å². The highest BCUT2D eigenvalue weighted by molar-refractivity contribution is 6.08. The number of anilines is 1. The quantitative estimate of drug-likeness (QED) is 0.374. The average molecular weight is 480 g/mol. The Morgan fingerprint density at radius 3 is 2.31 bits per heavy atom. The van der Waals surface area contributed by atoms with Gasteiger partial charge in [-0.15, -0.1) is 0 Å². The molecule has 1 heterocycles. The molecule has 0 spiro atoms. The second-order valence-electron chi connectivity index (χ2n) is 7.84. The molecule has 0 atom stereocenters. The summed E-state index contributed by atoms with van der Waals surface area (Å²) in [6.07, 6.45) is 1.84. The van der Waals surface area contributed by atoms with E-state index in [1.807, 2.05) is 6.08 Å². The van der Waals surface area contributed by atoms with Crippen LogP contribution in [0.25, 0.3) is 17.2 Å². The van der Waals surface area contributed by atoms with Gasteiger partial charge in [-0.3, -0.25) is 20.2 Å². The summed E-state index contributed by atoms with van der Waals surface area (Å²) in [7, 11) is 0. The number of allylic oxidation sites excluding steroid dienone is 3. The van der Waals surface area contributed by atoms with Crippen LogP contribution >= 0.6 is 0 Å². The molecule has 11 nitrogen and oxygen atoms in total. The number of rotatable bonds is 5. The number of ether oxygens (including phenoxy) is 1. The van der Waals surface area contributed by atoms with E-state index in [0.29, 0.717) is 28.0 Å². The normalized spacial score (nSPS) is 13.2. The standard InChI is InChI=1S/C25H16N6O5/c1-13-18(23-14(2)20(12-27)25(28)29-24(23)19(13)11-26)9-15-3-6-17(7-4-15)36-22-8-5-16(30(32)33)10-21(22)31(34)35/h3-10H,1-2H3,(H2,28,29). The van der Waals surface area contributed by atoms with Crippen molar-refractivity contribution in [3.8, 4) is 23.6 Å². The Morgan fingerprint density at radius 2 is 1.72 bits per heavy atom. The first-order chi connectivity index (χ1) is 17.2. The van der Waals surface area contributed by atoms with E-state index in [2.05, 4.69) is 17.1 Å². The molecule has 0 amide bonds. The number of non-ortho nitro benzene ring substituents is 1. The average Bonchev–Trinajstić information content (AvgIpc) is 3.10. The van der Waals surface area contributed by atoms with Crippen molar-refractivity contribution in [2.24, 2.45) is 0 Å². The molecule has 2 aromatic carbocycles. The lowest BCUT2D eigenvalue weighted by atomic mass is 9.95. The van der Waals surface area contributed by atoms with Gasteiger partial charge in [0.05, 0.1) is 32.7 Å². The number of hydrogen-bond donors (Lipinski definition) is 1. The number of nitrogens with two attached hydrogens (primary N) is 1. The summed E-state index contributed by atoms with van der Waals surface area (Å²) in [5.41, 5.74) is 9.47. The molecule has 176 valence electrons. The molecule has 36 heavy (non-hydrogen) atoms. The van der Waals surface area contributed by atoms with Crippen molar-refractivity contribution in [1.82, 2.24) is 4.98 Å². The van der Waals surface area contributed by atoms with E-state index in [9.17, 15) is 30.8 Å². The number of aromatic nitrogens is 1. The van der Waals surface area contributed by atoms with Crippen molar-refractivity contribution < 1.29 is 14.6 Å². The monoisotopic (exact) mass is 480 g/mol. The zero-order valence-corrected chi connectivity index (χ0v) is 19.0. The molecule has 0 bridgehead atoms. The second kappa shape index (κ2) is 9.00. The molecule has 3 aromatic rings. The van der Waals surface area contributed by atoms with Gasteiger partial charge in [0, 0.05) is 11.6 Å². The summed E-state index contributed by atoms with van der Waals surface area (Å²) in [6, 6.07) is 14.0. The first-order valence-corrected chi connectivity index (χ1v) is 10.4. The fourth-order valence-electron chi connectivity index (χ4n) is 3.97. The van der Waals surface area contributed by atoms with Crippen molar-refractivity contribution in [3.63, 3.8) is 0 Å². The Kier molecular flexibility index (Phi) is 5.90. The third-order valence-corrected chi connectivity index (χ3v) is 5.75. The Hall–Kier alpha value is -5.55. The molecule has 0 radical (unpaired) electrons. The highest BCUT2D eigenvalue weighted by Gasteiger charge is 2.29. The van der Waals surface area contributed by atoms with Crippen molar-refractivity contribution in [3.05, 3.63) is 96.2 Å². The largest absolute Gasteiger partial charge is 0.450 e. The molecular formula is C25H16N6O5. The number of nitro groups is 2. The van der Waals surface area contributed by atoms with E-state index in [1.165, 1.54) is 6.07 Å². The van der Waals surface area contributed by atoms with Crippen molar-refractivity contribution in [2.45, 2.75) is 13.8 Å². The van der Waals surface area contributed by atoms with Crippen LogP contribution in [0, 0.1) is 49.8 Å². The van der Waals surface area contributed by atoms with Crippen LogP contribution in [0.15, 0.2) is 48.0 Å². The predicted octanol–water partition coefficient (Wildman–Crippen LogP) is 5.30. The molecule has 0 saturated carbocycles. The van der Waals surface area contributed by atoms with Gasteiger partial charge in [-0.1, -0.05) is 12.1 Å². The highest BCUT2D eigenvalue weighted by Crippen LogP contribution is 2.44. The zero-order valence-electron chi connectivity index (χ0n) is 19.0. The molecule has 0 saturated heterocycles. The molecule has 4 rings (SSSR count). The van der Waals surface area contributed by atoms with E-state index in [1.54, 1.807) is 38.1 Å². The number of fused-ring (bicyclic) bond motifs is 1. The number of benzene rings is 2. The first kappa shape index (κ1) is 23.6. The van der Waals surface area contributed by atoms with Crippen LogP contribution in [0.4, 0.5) is 17.2 Å². The van der Waals surface area contributed by atoms with E-state index in [-0.39, 0.29) is 22.9 Å². The molecule has 1 aromatic heterocycles. The molecular weight excluding hydrogens is 464 g/mol. The van der Waals surface area contributed by atoms with Gasteiger partial charge in [0.1, 0.15) is 23.7 Å². The molecule has 0 fully saturated rings. The van der Waals surface area contributed by atoms with Gasteiger partial charge in [0.2, 0.25) is 5.75 Å². The number of hydrogen-bond acceptors (Lipinski definition) is 9. The van der Waals surface area contributed by atoms with Crippen LogP contribution in [0.5, 0.6) is 11.5 Å². The van der Waals surface area contributed by atoms with Crippen LogP contribution < -0.4 is 10.5 Å². The van der Waals surface area contributed by atoms with Crippen molar-refractivity contribution in [1.29, 1.82) is 10.5 Å². The lowest BCUT2D eigenvalue weighted by Crippen LogP contribution is -2.03. The number of pyridine rings is 1. The molecule has 0 aliphatic heterocycles. The second-order valence-corrected chi connectivity index (χ2v) is 7.84. The summed E-state index contributed by atoms with van der Waals surface area (Å²) < 4.78 is 5.61. The van der Waals surface area contributed by atoms with E-state index in [0.717, 1.165) is 23.3 Å². The number of nitriles is 2. The molecule has 11 heteroatoms. The van der Waals surface area contributed by atoms with Gasteiger partial charge in [0.15, 0.2) is 0 Å². The lowest BCUT2D eigenvalue weighted by molar-refractivity contribution is -0.394. The van der Waals surface area contributed by atoms with Crippen LogP contribution in [0.2, 0.25) is 0 Å². The minimum Gasteiger partial charge on any atom is -0.450 e. The fourth-order valence-corrected chi connectivity index (χ4v) is 3.97. The van der Waals surface area contributed by atoms with Gasteiger partial charge >= 0.3 is 5.69 Å². The smallest absolute Gasteiger partial charge is 0.318 e. The number of nitro benzene ring substituents is 2. The third-order valence-electron chi connectivity index (χ3n) is 5.75. The molecule has 1 aliphatic rings. The Morgan fingerprint density at radius 1 is 1.03 bits per heavy atom. The van der Waals surface area contributed by atoms with Crippen molar-refractivity contribution >= 4 is 34.4 Å². The molecule has 1 aliphatic carbocycles. The van der Waals surface area contributed by atoms with Crippen LogP contribution in [-0.4, -0.2) is 14.8 Å². The highest BCUT2D eigenvalue weighted by atomic mass is 16.6. The van der Waals surface area contributed by atoms with Crippen LogP contribution in [0.1, 0.15) is 34.9 Å². The van der Waals surface area contributed by atoms with Gasteiger partial charge in [0.25, 0.3) is 5.69 Å². The van der Waals surface area contributed by atoms with Gasteiger partial charge in [-0.25, -0.2) is 4.98 Å². The lowest BCUT2D eigenvalue weighted by Gasteiger charge is -2.11. The molecule has 0 unspecified atom stereocenters. The topological polar surface area (TPSA) is 182 Å². The number of nitrogens with zero attached hydrogens (tertiary/aromatic N) is 5. The van der Waals surface area contributed by atoms with Crippen LogP contribution in [-0.2, 0) is 0 Å². The zero-order chi connectivity index (χ0) is 26.1.